The highest BCUT2D eigenvalue weighted by molar-refractivity contribution is 5.28. The van der Waals surface area contributed by atoms with Gasteiger partial charge in [0.1, 0.15) is 5.75 Å². The van der Waals surface area contributed by atoms with Crippen molar-refractivity contribution in [2.45, 2.75) is 39.8 Å². The van der Waals surface area contributed by atoms with Gasteiger partial charge < -0.3 is 9.84 Å². The minimum Gasteiger partial charge on any atom is -0.494 e. The quantitative estimate of drug-likeness (QED) is 0.906. The van der Waals surface area contributed by atoms with Gasteiger partial charge in [0.15, 0.2) is 0 Å². The SMILES string of the molecule is CCOc1cccc(CN2CCC(C)(C)C(O)C2)c1. The van der Waals surface area contributed by atoms with Gasteiger partial charge in [-0.05, 0) is 43.0 Å². The van der Waals surface area contributed by atoms with Crippen molar-refractivity contribution in [3.63, 3.8) is 0 Å². The molecule has 2 rings (SSSR count). The molecule has 1 aliphatic rings. The normalized spacial score (nSPS) is 23.3. The monoisotopic (exact) mass is 263 g/mol. The molecule has 0 bridgehead atoms. The molecule has 106 valence electrons. The van der Waals surface area contributed by atoms with E-state index in [9.17, 15) is 5.11 Å². The van der Waals surface area contributed by atoms with Gasteiger partial charge in [0, 0.05) is 13.1 Å². The van der Waals surface area contributed by atoms with Gasteiger partial charge in [-0.2, -0.15) is 0 Å². The first-order valence-corrected chi connectivity index (χ1v) is 7.13. The van der Waals surface area contributed by atoms with Crippen molar-refractivity contribution in [2.24, 2.45) is 5.41 Å². The van der Waals surface area contributed by atoms with Crippen molar-refractivity contribution in [1.82, 2.24) is 4.90 Å². The third-order valence-electron chi connectivity index (χ3n) is 4.02. The summed E-state index contributed by atoms with van der Waals surface area (Å²) in [6.45, 7) is 9.66. The lowest BCUT2D eigenvalue weighted by Gasteiger charge is -2.41. The van der Waals surface area contributed by atoms with Crippen LogP contribution in [0, 0.1) is 5.41 Å². The van der Waals surface area contributed by atoms with E-state index >= 15 is 0 Å². The molecule has 0 aliphatic carbocycles. The number of aliphatic hydroxyl groups is 1. The summed E-state index contributed by atoms with van der Waals surface area (Å²) in [7, 11) is 0. The molecule has 0 radical (unpaired) electrons. The van der Waals surface area contributed by atoms with E-state index in [0.717, 1.165) is 31.8 Å². The second-order valence-electron chi connectivity index (χ2n) is 6.07. The average Bonchev–Trinajstić information content (AvgIpc) is 2.35. The van der Waals surface area contributed by atoms with Gasteiger partial charge in [0.05, 0.1) is 12.7 Å². The molecule has 1 aromatic carbocycles. The van der Waals surface area contributed by atoms with Crippen LogP contribution in [0.25, 0.3) is 0 Å². The van der Waals surface area contributed by atoms with E-state index in [1.54, 1.807) is 0 Å². The predicted molar refractivity (Wildman–Crippen MR) is 77.3 cm³/mol. The van der Waals surface area contributed by atoms with E-state index in [2.05, 4.69) is 30.9 Å². The molecule has 3 heteroatoms. The first-order chi connectivity index (χ1) is 9.01. The zero-order valence-corrected chi connectivity index (χ0v) is 12.2. The van der Waals surface area contributed by atoms with Crippen LogP contribution in [0.1, 0.15) is 32.8 Å². The van der Waals surface area contributed by atoms with Crippen molar-refractivity contribution in [2.75, 3.05) is 19.7 Å². The van der Waals surface area contributed by atoms with E-state index in [0.29, 0.717) is 6.61 Å². The Morgan fingerprint density at radius 1 is 1.42 bits per heavy atom. The molecule has 1 saturated heterocycles. The third-order valence-corrected chi connectivity index (χ3v) is 4.02. The Morgan fingerprint density at radius 2 is 2.21 bits per heavy atom. The van der Waals surface area contributed by atoms with Crippen LogP contribution >= 0.6 is 0 Å². The summed E-state index contributed by atoms with van der Waals surface area (Å²) in [5.74, 6) is 0.929. The van der Waals surface area contributed by atoms with Gasteiger partial charge in [-0.15, -0.1) is 0 Å². The van der Waals surface area contributed by atoms with Crippen LogP contribution in [0.5, 0.6) is 5.75 Å². The van der Waals surface area contributed by atoms with Crippen LogP contribution in [-0.2, 0) is 6.54 Å². The minimum atomic E-state index is -0.240. The number of ether oxygens (including phenoxy) is 1. The maximum atomic E-state index is 10.2. The first kappa shape index (κ1) is 14.4. The maximum Gasteiger partial charge on any atom is 0.119 e. The summed E-state index contributed by atoms with van der Waals surface area (Å²) in [5, 5.41) is 10.2. The number of benzene rings is 1. The van der Waals surface area contributed by atoms with E-state index in [4.69, 9.17) is 4.74 Å². The van der Waals surface area contributed by atoms with Crippen LogP contribution in [0.15, 0.2) is 24.3 Å². The Morgan fingerprint density at radius 3 is 2.89 bits per heavy atom. The lowest BCUT2D eigenvalue weighted by atomic mass is 9.80. The van der Waals surface area contributed by atoms with Crippen molar-refractivity contribution in [3.05, 3.63) is 29.8 Å². The molecule has 0 aromatic heterocycles. The highest BCUT2D eigenvalue weighted by Crippen LogP contribution is 2.31. The van der Waals surface area contributed by atoms with Crippen LogP contribution in [0.2, 0.25) is 0 Å². The number of aliphatic hydroxyl groups excluding tert-OH is 1. The molecule has 1 atom stereocenters. The van der Waals surface area contributed by atoms with Gasteiger partial charge in [-0.3, -0.25) is 4.90 Å². The number of likely N-dealkylation sites (tertiary alicyclic amines) is 1. The zero-order valence-electron chi connectivity index (χ0n) is 12.2. The van der Waals surface area contributed by atoms with Gasteiger partial charge in [-0.1, -0.05) is 26.0 Å². The molecule has 0 saturated carbocycles. The Balaban J connectivity index is 1.96. The molecule has 1 unspecified atom stereocenters. The van der Waals surface area contributed by atoms with Crippen LogP contribution in [0.4, 0.5) is 0 Å². The molecule has 1 aliphatic heterocycles. The molecule has 1 fully saturated rings. The third kappa shape index (κ3) is 3.71. The molecule has 1 aromatic rings. The number of piperidine rings is 1. The topological polar surface area (TPSA) is 32.7 Å². The molecule has 3 nitrogen and oxygen atoms in total. The lowest BCUT2D eigenvalue weighted by Crippen LogP contribution is -2.47. The lowest BCUT2D eigenvalue weighted by molar-refractivity contribution is -0.0278. The fraction of sp³-hybridized carbons (Fsp3) is 0.625. The number of β-amino-alcohol motifs (C(OH)–C–C–N with tert-alkyl or cyclic N) is 1. The van der Waals surface area contributed by atoms with Gasteiger partial charge in [-0.25, -0.2) is 0 Å². The Kier molecular flexibility index (Phi) is 4.48. The van der Waals surface area contributed by atoms with E-state index in [-0.39, 0.29) is 11.5 Å². The molecule has 1 N–H and O–H groups in total. The standard InChI is InChI=1S/C16H25NO2/c1-4-19-14-7-5-6-13(10-14)11-17-9-8-16(2,3)15(18)12-17/h5-7,10,15,18H,4,8-9,11-12H2,1-3H3. The number of hydrogen-bond acceptors (Lipinski definition) is 3. The highest BCUT2D eigenvalue weighted by atomic mass is 16.5. The van der Waals surface area contributed by atoms with Crippen LogP contribution < -0.4 is 4.74 Å². The van der Waals surface area contributed by atoms with E-state index in [1.807, 2.05) is 19.1 Å². The van der Waals surface area contributed by atoms with Crippen LogP contribution in [-0.4, -0.2) is 35.8 Å². The van der Waals surface area contributed by atoms with E-state index < -0.39 is 0 Å². The number of rotatable bonds is 4. The minimum absolute atomic E-state index is 0.0453. The zero-order chi connectivity index (χ0) is 13.9. The van der Waals surface area contributed by atoms with Gasteiger partial charge in [0.25, 0.3) is 0 Å². The fourth-order valence-electron chi connectivity index (χ4n) is 2.50. The summed E-state index contributed by atoms with van der Waals surface area (Å²) in [6, 6.07) is 8.23. The second-order valence-corrected chi connectivity index (χ2v) is 6.07. The summed E-state index contributed by atoms with van der Waals surface area (Å²) >= 11 is 0. The molecular weight excluding hydrogens is 238 g/mol. The molecule has 0 amide bonds. The summed E-state index contributed by atoms with van der Waals surface area (Å²) in [6.07, 6.45) is 0.801. The maximum absolute atomic E-state index is 10.2. The summed E-state index contributed by atoms with van der Waals surface area (Å²) in [4.78, 5) is 2.32. The first-order valence-electron chi connectivity index (χ1n) is 7.13. The van der Waals surface area contributed by atoms with Crippen molar-refractivity contribution >= 4 is 0 Å². The van der Waals surface area contributed by atoms with Crippen molar-refractivity contribution in [1.29, 1.82) is 0 Å². The average molecular weight is 263 g/mol. The Bertz CT molecular complexity index is 417. The molecule has 0 spiro atoms. The van der Waals surface area contributed by atoms with E-state index in [1.165, 1.54) is 5.56 Å². The largest absolute Gasteiger partial charge is 0.494 e. The Labute approximate surface area is 116 Å². The van der Waals surface area contributed by atoms with Gasteiger partial charge >= 0.3 is 0 Å². The van der Waals surface area contributed by atoms with Gasteiger partial charge in [0.2, 0.25) is 0 Å². The van der Waals surface area contributed by atoms with Crippen LogP contribution in [0.3, 0.4) is 0 Å². The smallest absolute Gasteiger partial charge is 0.119 e. The molecular formula is C16H25NO2. The molecule has 19 heavy (non-hydrogen) atoms. The van der Waals surface area contributed by atoms with Crippen molar-refractivity contribution in [3.8, 4) is 5.75 Å². The Hall–Kier alpha value is -1.06. The summed E-state index contributed by atoms with van der Waals surface area (Å²) < 4.78 is 5.52. The number of nitrogens with zero attached hydrogens (tertiary/aromatic N) is 1. The number of hydrogen-bond donors (Lipinski definition) is 1. The van der Waals surface area contributed by atoms with Crippen molar-refractivity contribution < 1.29 is 9.84 Å². The molecule has 1 heterocycles. The fourth-order valence-corrected chi connectivity index (χ4v) is 2.50. The second kappa shape index (κ2) is 5.93. The highest BCUT2D eigenvalue weighted by Gasteiger charge is 2.33. The predicted octanol–water partition coefficient (Wildman–Crippen LogP) is 2.68. The summed E-state index contributed by atoms with van der Waals surface area (Å²) in [5.41, 5.74) is 1.29.